The maximum Gasteiger partial charge on any atom is 0.294 e. The molecule has 7 nitrogen and oxygen atoms in total. The summed E-state index contributed by atoms with van der Waals surface area (Å²) in [5.74, 6) is 0.0163. The highest BCUT2D eigenvalue weighted by molar-refractivity contribution is 14.1. The molecule has 0 saturated carbocycles. The van der Waals surface area contributed by atoms with Crippen LogP contribution in [-0.2, 0) is 16.2 Å². The predicted molar refractivity (Wildman–Crippen MR) is 159 cm³/mol. The lowest BCUT2D eigenvalue weighted by Gasteiger charge is -2.15. The number of carbonyl (C=O) groups excluding carboxylic acids is 3. The quantitative estimate of drug-likeness (QED) is 0.189. The summed E-state index contributed by atoms with van der Waals surface area (Å²) in [6, 6.07) is 17.6. The normalized spacial score (nSPS) is 14.2. The Morgan fingerprint density at radius 3 is 2.55 bits per heavy atom. The van der Waals surface area contributed by atoms with Crippen molar-refractivity contribution in [3.8, 4) is 11.5 Å². The number of imide groups is 1. The number of ether oxygens (including phenoxy) is 2. The van der Waals surface area contributed by atoms with E-state index in [-0.39, 0.29) is 18.1 Å². The van der Waals surface area contributed by atoms with Crippen molar-refractivity contribution in [1.29, 1.82) is 0 Å². The van der Waals surface area contributed by atoms with Gasteiger partial charge in [0, 0.05) is 21.3 Å². The Balaban J connectivity index is 1.50. The van der Waals surface area contributed by atoms with Crippen molar-refractivity contribution in [2.24, 2.45) is 0 Å². The fourth-order valence-corrected chi connectivity index (χ4v) is 5.60. The van der Waals surface area contributed by atoms with Gasteiger partial charge in [-0.25, -0.2) is 0 Å². The van der Waals surface area contributed by atoms with Gasteiger partial charge in [-0.3, -0.25) is 19.3 Å². The van der Waals surface area contributed by atoms with Gasteiger partial charge in [0.25, 0.3) is 11.1 Å². The van der Waals surface area contributed by atoms with E-state index in [1.165, 1.54) is 0 Å². The average molecular weight is 683 g/mol. The number of para-hydroxylation sites is 1. The number of hydrogen-bond acceptors (Lipinski definition) is 6. The van der Waals surface area contributed by atoms with Crippen LogP contribution in [0, 0.1) is 3.57 Å². The van der Waals surface area contributed by atoms with E-state index < -0.39 is 17.1 Å². The fourth-order valence-electron chi connectivity index (χ4n) is 3.52. The van der Waals surface area contributed by atoms with Crippen molar-refractivity contribution in [2.75, 3.05) is 18.5 Å². The molecule has 3 aromatic rings. The maximum absolute atomic E-state index is 12.9. The van der Waals surface area contributed by atoms with Crippen LogP contribution >= 0.6 is 57.6 Å². The molecule has 1 heterocycles. The molecule has 1 aliphatic heterocycles. The minimum atomic E-state index is -0.533. The van der Waals surface area contributed by atoms with Crippen molar-refractivity contribution >= 4 is 86.4 Å². The van der Waals surface area contributed by atoms with Gasteiger partial charge in [0.2, 0.25) is 5.91 Å². The summed E-state index contributed by atoms with van der Waals surface area (Å²) in [5.41, 5.74) is 2.00. The Morgan fingerprint density at radius 2 is 1.84 bits per heavy atom. The highest BCUT2D eigenvalue weighted by Crippen LogP contribution is 2.38. The molecule has 0 atom stereocenters. The Bertz CT molecular complexity index is 1420. The first-order valence-electron chi connectivity index (χ1n) is 11.4. The van der Waals surface area contributed by atoms with E-state index in [0.717, 1.165) is 25.8 Å². The Kier molecular flexibility index (Phi) is 9.59. The summed E-state index contributed by atoms with van der Waals surface area (Å²) in [5, 5.41) is 3.20. The molecule has 0 radical (unpaired) electrons. The van der Waals surface area contributed by atoms with Crippen molar-refractivity contribution < 1.29 is 23.9 Å². The van der Waals surface area contributed by atoms with Gasteiger partial charge < -0.3 is 14.8 Å². The van der Waals surface area contributed by atoms with Gasteiger partial charge in [-0.15, -0.1) is 0 Å². The molecule has 38 heavy (non-hydrogen) atoms. The van der Waals surface area contributed by atoms with E-state index in [1.807, 2.05) is 19.1 Å². The van der Waals surface area contributed by atoms with E-state index in [0.29, 0.717) is 39.4 Å². The smallest absolute Gasteiger partial charge is 0.294 e. The zero-order valence-electron chi connectivity index (χ0n) is 20.0. The van der Waals surface area contributed by atoms with E-state index in [4.69, 9.17) is 32.7 Å². The van der Waals surface area contributed by atoms with Crippen molar-refractivity contribution in [1.82, 2.24) is 4.90 Å². The van der Waals surface area contributed by atoms with Gasteiger partial charge in [0.15, 0.2) is 11.5 Å². The third-order valence-electron chi connectivity index (χ3n) is 5.25. The van der Waals surface area contributed by atoms with Crippen LogP contribution in [0.1, 0.15) is 18.1 Å². The summed E-state index contributed by atoms with van der Waals surface area (Å²) in [6.07, 6.45) is 1.60. The van der Waals surface area contributed by atoms with Crippen LogP contribution in [0.15, 0.2) is 65.6 Å². The number of nitrogens with one attached hydrogen (secondary N) is 1. The van der Waals surface area contributed by atoms with Crippen LogP contribution in [0.4, 0.5) is 10.5 Å². The molecule has 1 aliphatic rings. The van der Waals surface area contributed by atoms with Gasteiger partial charge in [-0.2, -0.15) is 0 Å². The monoisotopic (exact) mass is 682 g/mol. The number of hydrogen-bond donors (Lipinski definition) is 1. The lowest BCUT2D eigenvalue weighted by molar-refractivity contribution is -0.127. The largest absolute Gasteiger partial charge is 0.490 e. The van der Waals surface area contributed by atoms with Crippen molar-refractivity contribution in [2.45, 2.75) is 13.5 Å². The van der Waals surface area contributed by atoms with Gasteiger partial charge in [-0.1, -0.05) is 47.5 Å². The molecule has 4 rings (SSSR count). The molecule has 0 unspecified atom stereocenters. The van der Waals surface area contributed by atoms with Crippen LogP contribution in [0.3, 0.4) is 0 Å². The molecule has 196 valence electrons. The number of benzene rings is 3. The number of halogens is 3. The second-order valence-electron chi connectivity index (χ2n) is 7.97. The van der Waals surface area contributed by atoms with Gasteiger partial charge in [0.1, 0.15) is 13.2 Å². The fraction of sp³-hybridized carbons (Fsp3) is 0.148. The first-order chi connectivity index (χ1) is 18.2. The zero-order valence-corrected chi connectivity index (χ0v) is 24.5. The molecule has 0 bridgehead atoms. The molecule has 1 saturated heterocycles. The first-order valence-corrected chi connectivity index (χ1v) is 14.0. The predicted octanol–water partition coefficient (Wildman–Crippen LogP) is 7.25. The number of rotatable bonds is 9. The summed E-state index contributed by atoms with van der Waals surface area (Å²) >= 11 is 15.2. The third-order valence-corrected chi connectivity index (χ3v) is 7.55. The molecule has 11 heteroatoms. The summed E-state index contributed by atoms with van der Waals surface area (Å²) in [6.45, 7) is 2.07. The van der Waals surface area contributed by atoms with E-state index in [1.54, 1.807) is 54.6 Å². The molecular weight excluding hydrogens is 662 g/mol. The van der Waals surface area contributed by atoms with E-state index in [9.17, 15) is 14.4 Å². The Hall–Kier alpha value is -2.73. The van der Waals surface area contributed by atoms with E-state index >= 15 is 0 Å². The number of anilines is 1. The zero-order chi connectivity index (χ0) is 27.2. The maximum atomic E-state index is 12.9. The van der Waals surface area contributed by atoms with Gasteiger partial charge in [-0.05, 0) is 89.3 Å². The van der Waals surface area contributed by atoms with Gasteiger partial charge in [0.05, 0.1) is 15.1 Å². The van der Waals surface area contributed by atoms with Crippen LogP contribution < -0.4 is 14.8 Å². The highest BCUT2D eigenvalue weighted by atomic mass is 127. The SMILES string of the molecule is CCOc1cc(/C=C2\SC(=O)N(CC(=O)Nc3ccccc3)C2=O)cc(I)c1OCc1ccc(Cl)cc1Cl. The molecular formula is C27H21Cl2IN2O5S. The minimum Gasteiger partial charge on any atom is -0.490 e. The lowest BCUT2D eigenvalue weighted by Crippen LogP contribution is -2.36. The molecule has 0 spiro atoms. The second-order valence-corrected chi connectivity index (χ2v) is 11.0. The molecule has 1 fully saturated rings. The molecule has 0 aliphatic carbocycles. The van der Waals surface area contributed by atoms with Crippen LogP contribution in [0.5, 0.6) is 11.5 Å². The minimum absolute atomic E-state index is 0.204. The number of nitrogens with zero attached hydrogens (tertiary/aromatic N) is 1. The van der Waals surface area contributed by atoms with E-state index in [2.05, 4.69) is 27.9 Å². The Labute approximate surface area is 247 Å². The van der Waals surface area contributed by atoms with Crippen LogP contribution in [0.25, 0.3) is 6.08 Å². The van der Waals surface area contributed by atoms with Crippen LogP contribution in [0.2, 0.25) is 10.0 Å². The number of amides is 3. The van der Waals surface area contributed by atoms with Crippen molar-refractivity contribution in [3.05, 3.63) is 90.3 Å². The summed E-state index contributed by atoms with van der Waals surface area (Å²) in [4.78, 5) is 39.0. The van der Waals surface area contributed by atoms with Crippen LogP contribution in [-0.4, -0.2) is 35.1 Å². The summed E-state index contributed by atoms with van der Waals surface area (Å²) in [7, 11) is 0. The molecule has 0 aromatic heterocycles. The first kappa shape index (κ1) is 28.3. The van der Waals surface area contributed by atoms with Crippen molar-refractivity contribution in [3.63, 3.8) is 0 Å². The topological polar surface area (TPSA) is 84.9 Å². The van der Waals surface area contributed by atoms with Gasteiger partial charge >= 0.3 is 0 Å². The average Bonchev–Trinajstić information content (AvgIpc) is 3.12. The summed E-state index contributed by atoms with van der Waals surface area (Å²) < 4.78 is 12.6. The third kappa shape index (κ3) is 7.02. The highest BCUT2D eigenvalue weighted by Gasteiger charge is 2.36. The molecule has 1 N–H and O–H groups in total. The molecule has 3 aromatic carbocycles. The Morgan fingerprint density at radius 1 is 1.08 bits per heavy atom. The second kappa shape index (κ2) is 12.9. The lowest BCUT2D eigenvalue weighted by atomic mass is 10.1. The molecule has 3 amide bonds. The number of thioether (sulfide) groups is 1. The number of carbonyl (C=O) groups is 3. The standard InChI is InChI=1S/C27H21Cl2IN2O5S/c1-2-36-22-11-16(10-21(30)25(22)37-15-17-8-9-18(28)13-20(17)29)12-23-26(34)32(27(35)38-23)14-24(33)31-19-6-4-3-5-7-19/h3-13H,2,14-15H2,1H3,(H,31,33)/b23-12-.